The van der Waals surface area contributed by atoms with Crippen molar-refractivity contribution >= 4 is 16.9 Å². The minimum Gasteiger partial charge on any atom is -0.345 e. The molecule has 2 aromatic heterocycles. The molecule has 0 bridgehead atoms. The number of fused-ring (bicyclic) bond motifs is 1. The SMILES string of the molecule is Cc1nc2c(cnn2C(C)C)cc1C(=O)NC(C)c1ccc(F)cc1F. The van der Waals surface area contributed by atoms with Crippen molar-refractivity contribution in [1.29, 1.82) is 0 Å². The van der Waals surface area contributed by atoms with Crippen LogP contribution in [0, 0.1) is 18.6 Å². The minimum absolute atomic E-state index is 0.153. The zero-order valence-corrected chi connectivity index (χ0v) is 15.0. The predicted octanol–water partition coefficient (Wildman–Crippen LogP) is 4.09. The van der Waals surface area contributed by atoms with E-state index in [4.69, 9.17) is 0 Å². The second-order valence-electron chi connectivity index (χ2n) is 6.58. The number of aromatic nitrogens is 3. The van der Waals surface area contributed by atoms with Gasteiger partial charge in [-0.05, 0) is 39.8 Å². The highest BCUT2D eigenvalue weighted by molar-refractivity contribution is 5.98. The third kappa shape index (κ3) is 3.29. The van der Waals surface area contributed by atoms with E-state index >= 15 is 0 Å². The highest BCUT2D eigenvalue weighted by Gasteiger charge is 2.19. The van der Waals surface area contributed by atoms with Crippen LogP contribution in [-0.4, -0.2) is 20.7 Å². The second-order valence-corrected chi connectivity index (χ2v) is 6.58. The monoisotopic (exact) mass is 358 g/mol. The molecule has 1 amide bonds. The molecule has 0 aliphatic heterocycles. The van der Waals surface area contributed by atoms with Crippen molar-refractivity contribution in [3.63, 3.8) is 0 Å². The van der Waals surface area contributed by atoms with Gasteiger partial charge in [-0.2, -0.15) is 5.10 Å². The first-order chi connectivity index (χ1) is 12.3. The van der Waals surface area contributed by atoms with Gasteiger partial charge in [-0.25, -0.2) is 18.4 Å². The van der Waals surface area contributed by atoms with Crippen LogP contribution in [0.5, 0.6) is 0 Å². The fourth-order valence-electron chi connectivity index (χ4n) is 2.88. The Bertz CT molecular complexity index is 981. The Morgan fingerprint density at radius 3 is 2.58 bits per heavy atom. The van der Waals surface area contributed by atoms with Crippen LogP contribution in [0.15, 0.2) is 30.5 Å². The van der Waals surface area contributed by atoms with Gasteiger partial charge >= 0.3 is 0 Å². The van der Waals surface area contributed by atoms with Gasteiger partial charge in [0, 0.05) is 23.1 Å². The molecule has 0 saturated carbocycles. The van der Waals surface area contributed by atoms with Gasteiger partial charge < -0.3 is 5.32 Å². The Morgan fingerprint density at radius 1 is 1.19 bits per heavy atom. The summed E-state index contributed by atoms with van der Waals surface area (Å²) in [6.07, 6.45) is 1.67. The van der Waals surface area contributed by atoms with Gasteiger partial charge in [0.2, 0.25) is 0 Å². The Kier molecular flexibility index (Phi) is 4.71. The summed E-state index contributed by atoms with van der Waals surface area (Å²) in [7, 11) is 0. The molecule has 1 aromatic carbocycles. The normalized spacial score (nSPS) is 12.6. The molecule has 7 heteroatoms. The molecule has 0 aliphatic carbocycles. The van der Waals surface area contributed by atoms with Crippen LogP contribution >= 0.6 is 0 Å². The average Bonchev–Trinajstić information content (AvgIpc) is 2.96. The minimum atomic E-state index is -0.693. The van der Waals surface area contributed by atoms with Crippen LogP contribution in [-0.2, 0) is 0 Å². The average molecular weight is 358 g/mol. The first-order valence-corrected chi connectivity index (χ1v) is 8.38. The predicted molar refractivity (Wildman–Crippen MR) is 94.9 cm³/mol. The number of rotatable bonds is 4. The maximum absolute atomic E-state index is 13.9. The maximum Gasteiger partial charge on any atom is 0.253 e. The summed E-state index contributed by atoms with van der Waals surface area (Å²) in [5, 5.41) is 7.80. The van der Waals surface area contributed by atoms with Crippen molar-refractivity contribution < 1.29 is 13.6 Å². The number of amides is 1. The summed E-state index contributed by atoms with van der Waals surface area (Å²) in [5.74, 6) is -1.72. The van der Waals surface area contributed by atoms with E-state index < -0.39 is 17.7 Å². The number of aryl methyl sites for hydroxylation is 1. The number of carbonyl (C=O) groups is 1. The van der Waals surface area contributed by atoms with Crippen LogP contribution in [0.25, 0.3) is 11.0 Å². The molecular weight excluding hydrogens is 338 g/mol. The highest BCUT2D eigenvalue weighted by atomic mass is 19.1. The number of pyridine rings is 1. The molecule has 0 aliphatic rings. The lowest BCUT2D eigenvalue weighted by Gasteiger charge is -2.16. The van der Waals surface area contributed by atoms with Crippen LogP contribution in [0.3, 0.4) is 0 Å². The standard InChI is InChI=1S/C19H20F2N4O/c1-10(2)25-18-13(9-22-25)7-16(12(4)23-18)19(26)24-11(3)15-6-5-14(20)8-17(15)21/h5-11H,1-4H3,(H,24,26). The first-order valence-electron chi connectivity index (χ1n) is 8.38. The molecule has 3 aromatic rings. The first kappa shape index (κ1) is 18.0. The third-order valence-electron chi connectivity index (χ3n) is 4.27. The molecule has 3 rings (SSSR count). The molecule has 0 radical (unpaired) electrons. The van der Waals surface area contributed by atoms with Crippen LogP contribution in [0.2, 0.25) is 0 Å². The van der Waals surface area contributed by atoms with Gasteiger partial charge in [0.05, 0.1) is 23.5 Å². The maximum atomic E-state index is 13.9. The molecule has 0 spiro atoms. The van der Waals surface area contributed by atoms with E-state index in [1.54, 1.807) is 30.8 Å². The summed E-state index contributed by atoms with van der Waals surface area (Å²) >= 11 is 0. The number of carbonyl (C=O) groups excluding carboxylic acids is 1. The van der Waals surface area contributed by atoms with Crippen molar-refractivity contribution in [3.05, 3.63) is 58.9 Å². The molecule has 1 N–H and O–H groups in total. The Hall–Kier alpha value is -2.83. The molecule has 0 saturated heterocycles. The fourth-order valence-corrected chi connectivity index (χ4v) is 2.88. The molecule has 136 valence electrons. The van der Waals surface area contributed by atoms with Crippen molar-refractivity contribution in [3.8, 4) is 0 Å². The largest absolute Gasteiger partial charge is 0.345 e. The summed E-state index contributed by atoms with van der Waals surface area (Å²) in [5.41, 5.74) is 1.89. The van der Waals surface area contributed by atoms with Crippen molar-refractivity contribution in [1.82, 2.24) is 20.1 Å². The van der Waals surface area contributed by atoms with E-state index in [0.29, 0.717) is 16.9 Å². The molecule has 0 fully saturated rings. The van der Waals surface area contributed by atoms with Crippen LogP contribution in [0.1, 0.15) is 54.5 Å². The number of halogens is 2. The molecule has 2 heterocycles. The van der Waals surface area contributed by atoms with E-state index in [1.807, 2.05) is 13.8 Å². The smallest absolute Gasteiger partial charge is 0.253 e. The highest BCUT2D eigenvalue weighted by Crippen LogP contribution is 2.21. The molecular formula is C19H20F2N4O. The number of nitrogens with zero attached hydrogens (tertiary/aromatic N) is 3. The van der Waals surface area contributed by atoms with Gasteiger partial charge in [0.25, 0.3) is 5.91 Å². The van der Waals surface area contributed by atoms with E-state index in [2.05, 4.69) is 15.4 Å². The topological polar surface area (TPSA) is 59.8 Å². The number of hydrogen-bond acceptors (Lipinski definition) is 3. The quantitative estimate of drug-likeness (QED) is 0.764. The van der Waals surface area contributed by atoms with Gasteiger partial charge in [0.15, 0.2) is 5.65 Å². The van der Waals surface area contributed by atoms with Crippen molar-refractivity contribution in [2.75, 3.05) is 0 Å². The summed E-state index contributed by atoms with van der Waals surface area (Å²) < 4.78 is 28.8. The third-order valence-corrected chi connectivity index (χ3v) is 4.27. The number of benzene rings is 1. The zero-order valence-electron chi connectivity index (χ0n) is 15.0. The van der Waals surface area contributed by atoms with Gasteiger partial charge in [-0.1, -0.05) is 6.07 Å². The van der Waals surface area contributed by atoms with Crippen molar-refractivity contribution in [2.45, 2.75) is 39.8 Å². The molecule has 5 nitrogen and oxygen atoms in total. The molecule has 1 atom stereocenters. The number of nitrogens with one attached hydrogen (secondary N) is 1. The molecule has 26 heavy (non-hydrogen) atoms. The van der Waals surface area contributed by atoms with E-state index in [0.717, 1.165) is 11.5 Å². The number of hydrogen-bond donors (Lipinski definition) is 1. The lowest BCUT2D eigenvalue weighted by Crippen LogP contribution is -2.28. The van der Waals surface area contributed by atoms with E-state index in [9.17, 15) is 13.6 Å². The van der Waals surface area contributed by atoms with E-state index in [1.165, 1.54) is 12.1 Å². The Labute approximate surface area is 150 Å². The molecule has 1 unspecified atom stereocenters. The van der Waals surface area contributed by atoms with Crippen molar-refractivity contribution in [2.24, 2.45) is 0 Å². The van der Waals surface area contributed by atoms with Crippen LogP contribution in [0.4, 0.5) is 8.78 Å². The Morgan fingerprint density at radius 2 is 1.92 bits per heavy atom. The van der Waals surface area contributed by atoms with Gasteiger partial charge in [-0.15, -0.1) is 0 Å². The lowest BCUT2D eigenvalue weighted by atomic mass is 10.1. The van der Waals surface area contributed by atoms with Crippen LogP contribution < -0.4 is 5.32 Å². The summed E-state index contributed by atoms with van der Waals surface area (Å²) in [6.45, 7) is 7.40. The lowest BCUT2D eigenvalue weighted by molar-refractivity contribution is 0.0938. The Balaban J connectivity index is 1.88. The summed E-state index contributed by atoms with van der Waals surface area (Å²) in [6, 6.07) is 4.57. The summed E-state index contributed by atoms with van der Waals surface area (Å²) in [4.78, 5) is 17.1. The zero-order chi connectivity index (χ0) is 19.0. The second kappa shape index (κ2) is 6.82. The fraction of sp³-hybridized carbons (Fsp3) is 0.316. The van der Waals surface area contributed by atoms with E-state index in [-0.39, 0.29) is 17.5 Å². The van der Waals surface area contributed by atoms with Gasteiger partial charge in [-0.3, -0.25) is 4.79 Å². The van der Waals surface area contributed by atoms with Gasteiger partial charge in [0.1, 0.15) is 11.6 Å².